The number of ether oxygens (including phenoxy) is 2. The summed E-state index contributed by atoms with van der Waals surface area (Å²) in [5.74, 6) is -2.02. The zero-order chi connectivity index (χ0) is 14.7. The van der Waals surface area contributed by atoms with Crippen molar-refractivity contribution in [2.24, 2.45) is 0 Å². The summed E-state index contributed by atoms with van der Waals surface area (Å²) in [6.07, 6.45) is -1.35. The van der Waals surface area contributed by atoms with E-state index in [9.17, 15) is 14.4 Å². The third-order valence-electron chi connectivity index (χ3n) is 2.40. The van der Waals surface area contributed by atoms with Crippen LogP contribution in [0.15, 0.2) is 41.1 Å². The monoisotopic (exact) mass is 295 g/mol. The number of carbonyl (C=O) groups excluding carboxylic acids is 3. The highest BCUT2D eigenvalue weighted by atomic mass is 35.5. The zero-order valence-electron chi connectivity index (χ0n) is 10.4. The highest BCUT2D eigenvalue weighted by Crippen LogP contribution is 2.25. The maximum absolute atomic E-state index is 11.9. The van der Waals surface area contributed by atoms with Gasteiger partial charge >= 0.3 is 11.9 Å². The van der Waals surface area contributed by atoms with E-state index < -0.39 is 24.1 Å². The van der Waals surface area contributed by atoms with Crippen LogP contribution in [0.2, 0.25) is 0 Å². The van der Waals surface area contributed by atoms with E-state index in [2.05, 4.69) is 5.32 Å². The predicted molar refractivity (Wildman–Crippen MR) is 68.4 cm³/mol. The topological polar surface area (TPSA) is 81.7 Å². The van der Waals surface area contributed by atoms with Crippen LogP contribution in [0, 0.1) is 0 Å². The van der Waals surface area contributed by atoms with Gasteiger partial charge in [0, 0.05) is 6.92 Å². The maximum Gasteiger partial charge on any atom is 0.355 e. The normalized spacial score (nSPS) is 17.7. The molecule has 0 radical (unpaired) electrons. The van der Waals surface area contributed by atoms with E-state index in [1.54, 1.807) is 30.3 Å². The highest BCUT2D eigenvalue weighted by molar-refractivity contribution is 6.42. The Labute approximate surface area is 119 Å². The van der Waals surface area contributed by atoms with Crippen LogP contribution in [0.4, 0.5) is 0 Å². The van der Waals surface area contributed by atoms with Crippen molar-refractivity contribution in [2.75, 3.05) is 0 Å². The van der Waals surface area contributed by atoms with Crippen LogP contribution in [0.25, 0.3) is 0 Å². The van der Waals surface area contributed by atoms with Crippen molar-refractivity contribution in [3.63, 3.8) is 0 Å². The molecule has 1 aliphatic heterocycles. The predicted octanol–water partition coefficient (Wildman–Crippen LogP) is 1.31. The van der Waals surface area contributed by atoms with Gasteiger partial charge in [0.1, 0.15) is 5.70 Å². The van der Waals surface area contributed by atoms with Gasteiger partial charge in [-0.2, -0.15) is 0 Å². The summed E-state index contributed by atoms with van der Waals surface area (Å²) >= 11 is 5.70. The van der Waals surface area contributed by atoms with Crippen LogP contribution in [0.1, 0.15) is 17.3 Å². The van der Waals surface area contributed by atoms with Gasteiger partial charge in [0.15, 0.2) is 5.03 Å². The molecule has 0 aromatic heterocycles. The summed E-state index contributed by atoms with van der Waals surface area (Å²) in [6, 6.07) is 8.15. The summed E-state index contributed by atoms with van der Waals surface area (Å²) in [5.41, 5.74) is 0.210. The lowest BCUT2D eigenvalue weighted by molar-refractivity contribution is -0.153. The molecule has 1 aliphatic rings. The summed E-state index contributed by atoms with van der Waals surface area (Å²) in [5, 5.41) is 2.00. The largest absolute Gasteiger partial charge is 0.415 e. The third kappa shape index (κ3) is 2.97. The number of halogens is 1. The molecule has 1 aromatic carbocycles. The molecule has 1 amide bonds. The molecule has 7 heteroatoms. The second-order valence-electron chi connectivity index (χ2n) is 3.92. The van der Waals surface area contributed by atoms with E-state index in [1.807, 2.05) is 0 Å². The Balaban J connectivity index is 2.15. The molecular formula is C13H10ClNO5. The van der Waals surface area contributed by atoms with Gasteiger partial charge in [0.25, 0.3) is 6.29 Å². The number of hydrogen-bond acceptors (Lipinski definition) is 5. The lowest BCUT2D eigenvalue weighted by Crippen LogP contribution is -2.30. The van der Waals surface area contributed by atoms with Crippen molar-refractivity contribution in [3.05, 3.63) is 46.6 Å². The van der Waals surface area contributed by atoms with Crippen LogP contribution < -0.4 is 5.32 Å². The minimum absolute atomic E-state index is 0.0755. The Morgan fingerprint density at radius 3 is 2.55 bits per heavy atom. The summed E-state index contributed by atoms with van der Waals surface area (Å²) in [4.78, 5) is 34.2. The minimum Gasteiger partial charge on any atom is -0.415 e. The first-order valence-corrected chi connectivity index (χ1v) is 6.01. The fourth-order valence-electron chi connectivity index (χ4n) is 1.55. The second kappa shape index (κ2) is 5.75. The van der Waals surface area contributed by atoms with Crippen LogP contribution in [-0.2, 0) is 19.1 Å². The van der Waals surface area contributed by atoms with Crippen molar-refractivity contribution in [1.82, 2.24) is 5.32 Å². The molecule has 0 aliphatic carbocycles. The Bertz CT molecular complexity index is 596. The Hall–Kier alpha value is -2.34. The molecule has 0 saturated carbocycles. The van der Waals surface area contributed by atoms with Crippen LogP contribution in [0.3, 0.4) is 0 Å². The number of esters is 2. The lowest BCUT2D eigenvalue weighted by atomic mass is 10.2. The molecule has 20 heavy (non-hydrogen) atoms. The number of nitrogens with one attached hydrogen (secondary N) is 1. The minimum atomic E-state index is -1.35. The van der Waals surface area contributed by atoms with Crippen molar-refractivity contribution in [1.29, 1.82) is 0 Å². The van der Waals surface area contributed by atoms with Crippen LogP contribution in [-0.4, -0.2) is 24.1 Å². The third-order valence-corrected chi connectivity index (χ3v) is 2.76. The van der Waals surface area contributed by atoms with Gasteiger partial charge in [-0.3, -0.25) is 4.79 Å². The first-order chi connectivity index (χ1) is 9.49. The van der Waals surface area contributed by atoms with Crippen molar-refractivity contribution >= 4 is 29.4 Å². The summed E-state index contributed by atoms with van der Waals surface area (Å²) < 4.78 is 9.79. The first kappa shape index (κ1) is 14.1. The molecule has 6 nitrogen and oxygen atoms in total. The lowest BCUT2D eigenvalue weighted by Gasteiger charge is -2.14. The average Bonchev–Trinajstić information content (AvgIpc) is 2.67. The standard InChI is InChI=1S/C13H10ClNO5/c1-7(16)15-10-9(14)12(18)20-13(10)19-11(17)8-5-3-2-4-6-8/h2-6,13H,1H3,(H,15,16)/t13-/m0/s1. The van der Waals surface area contributed by atoms with E-state index >= 15 is 0 Å². The van der Waals surface area contributed by atoms with Crippen molar-refractivity contribution < 1.29 is 23.9 Å². The summed E-state index contributed by atoms with van der Waals surface area (Å²) in [6.45, 7) is 1.23. The molecular weight excluding hydrogens is 286 g/mol. The molecule has 1 heterocycles. The molecule has 1 atom stereocenters. The van der Waals surface area contributed by atoms with Gasteiger partial charge < -0.3 is 14.8 Å². The molecule has 0 spiro atoms. The quantitative estimate of drug-likeness (QED) is 0.850. The van der Waals surface area contributed by atoms with Gasteiger partial charge in [-0.15, -0.1) is 0 Å². The zero-order valence-corrected chi connectivity index (χ0v) is 11.1. The Morgan fingerprint density at radius 1 is 1.30 bits per heavy atom. The molecule has 0 fully saturated rings. The molecule has 104 valence electrons. The van der Waals surface area contributed by atoms with Crippen molar-refractivity contribution in [2.45, 2.75) is 13.2 Å². The van der Waals surface area contributed by atoms with Gasteiger partial charge in [0.05, 0.1) is 5.56 Å². The van der Waals surface area contributed by atoms with E-state index in [0.717, 1.165) is 0 Å². The van der Waals surface area contributed by atoms with Gasteiger partial charge in [0.2, 0.25) is 5.91 Å². The Kier molecular flexibility index (Phi) is 4.05. The van der Waals surface area contributed by atoms with E-state index in [0.29, 0.717) is 0 Å². The second-order valence-corrected chi connectivity index (χ2v) is 4.30. The molecule has 0 unspecified atom stereocenters. The summed E-state index contributed by atoms with van der Waals surface area (Å²) in [7, 11) is 0. The average molecular weight is 296 g/mol. The first-order valence-electron chi connectivity index (χ1n) is 5.63. The fraction of sp³-hybridized carbons (Fsp3) is 0.154. The SMILES string of the molecule is CC(=O)NC1=C(Cl)C(=O)O[C@@H]1OC(=O)c1ccccc1. The molecule has 0 saturated heterocycles. The van der Waals surface area contributed by atoms with Gasteiger partial charge in [-0.25, -0.2) is 9.59 Å². The fourth-order valence-corrected chi connectivity index (χ4v) is 1.73. The van der Waals surface area contributed by atoms with Crippen LogP contribution >= 0.6 is 11.6 Å². The molecule has 2 rings (SSSR count). The number of carbonyl (C=O) groups is 3. The smallest absolute Gasteiger partial charge is 0.355 e. The number of hydrogen-bond donors (Lipinski definition) is 1. The maximum atomic E-state index is 11.9. The highest BCUT2D eigenvalue weighted by Gasteiger charge is 2.37. The van der Waals surface area contributed by atoms with E-state index in [4.69, 9.17) is 21.1 Å². The Morgan fingerprint density at radius 2 is 1.95 bits per heavy atom. The molecule has 0 bridgehead atoms. The van der Waals surface area contributed by atoms with Gasteiger partial charge in [-0.05, 0) is 12.1 Å². The number of rotatable bonds is 3. The van der Waals surface area contributed by atoms with Crippen molar-refractivity contribution in [3.8, 4) is 0 Å². The molecule has 1 aromatic rings. The van der Waals surface area contributed by atoms with E-state index in [1.165, 1.54) is 6.92 Å². The van der Waals surface area contributed by atoms with E-state index in [-0.39, 0.29) is 16.3 Å². The van der Waals surface area contributed by atoms with Gasteiger partial charge in [-0.1, -0.05) is 29.8 Å². The number of benzene rings is 1. The molecule has 1 N–H and O–H groups in total. The number of cyclic esters (lactones) is 1. The van der Waals surface area contributed by atoms with Crippen LogP contribution in [0.5, 0.6) is 0 Å². The number of amides is 1.